The Kier molecular flexibility index (Phi) is 3.02. The lowest BCUT2D eigenvalue weighted by atomic mass is 10.1. The van der Waals surface area contributed by atoms with Gasteiger partial charge in [-0.1, -0.05) is 6.92 Å². The zero-order chi connectivity index (χ0) is 11.7. The Hall–Kier alpha value is -1.09. The second-order valence-corrected chi connectivity index (χ2v) is 5.17. The Labute approximate surface area is 103 Å². The van der Waals surface area contributed by atoms with Crippen molar-refractivity contribution in [1.82, 2.24) is 9.88 Å². The number of hydrogen-bond acceptors (Lipinski definition) is 3. The van der Waals surface area contributed by atoms with Crippen LogP contribution in [-0.4, -0.2) is 35.1 Å². The highest BCUT2D eigenvalue weighted by Gasteiger charge is 2.47. The van der Waals surface area contributed by atoms with Crippen LogP contribution in [-0.2, 0) is 0 Å². The van der Waals surface area contributed by atoms with Gasteiger partial charge in [0, 0.05) is 24.7 Å². The number of hydrogen-bond donors (Lipinski definition) is 0. The van der Waals surface area contributed by atoms with Crippen LogP contribution in [0.4, 0.5) is 0 Å². The van der Waals surface area contributed by atoms with Crippen molar-refractivity contribution in [2.45, 2.75) is 38.3 Å². The molecule has 1 aromatic rings. The summed E-state index contributed by atoms with van der Waals surface area (Å²) in [6.07, 6.45) is 7.88. The molecule has 3 nitrogen and oxygen atoms in total. The molecule has 3 unspecified atom stereocenters. The number of rotatable bonds is 4. The van der Waals surface area contributed by atoms with Crippen LogP contribution < -0.4 is 4.74 Å². The lowest BCUT2D eigenvalue weighted by molar-refractivity contribution is 0.145. The van der Waals surface area contributed by atoms with E-state index < -0.39 is 0 Å². The molecule has 1 saturated heterocycles. The number of nitrogens with zero attached hydrogens (tertiary/aromatic N) is 2. The summed E-state index contributed by atoms with van der Waals surface area (Å²) in [5.74, 6) is 1.65. The molecule has 1 saturated carbocycles. The monoisotopic (exact) mass is 232 g/mol. The van der Waals surface area contributed by atoms with E-state index in [-0.39, 0.29) is 0 Å². The minimum atomic E-state index is 0.394. The first-order valence-corrected chi connectivity index (χ1v) is 6.69. The van der Waals surface area contributed by atoms with E-state index in [1.54, 1.807) is 6.20 Å². The summed E-state index contributed by atoms with van der Waals surface area (Å²) in [6, 6.07) is 4.59. The molecule has 0 radical (unpaired) electrons. The Balaban J connectivity index is 1.69. The second kappa shape index (κ2) is 4.65. The Morgan fingerprint density at radius 3 is 3.18 bits per heavy atom. The molecule has 2 fully saturated rings. The SMILES string of the molecule is CCCN1CC2CCC1C2Oc1cccnc1. The summed E-state index contributed by atoms with van der Waals surface area (Å²) in [5.41, 5.74) is 0. The third-order valence-corrected chi connectivity index (χ3v) is 4.03. The largest absolute Gasteiger partial charge is 0.487 e. The van der Waals surface area contributed by atoms with Crippen molar-refractivity contribution < 1.29 is 4.74 Å². The Bertz CT molecular complexity index is 368. The lowest BCUT2D eigenvalue weighted by Crippen LogP contribution is -2.36. The van der Waals surface area contributed by atoms with E-state index in [4.69, 9.17) is 4.74 Å². The molecule has 1 aliphatic heterocycles. The van der Waals surface area contributed by atoms with Gasteiger partial charge in [-0.25, -0.2) is 0 Å². The summed E-state index contributed by atoms with van der Waals surface area (Å²) in [4.78, 5) is 6.72. The number of piperidine rings is 1. The van der Waals surface area contributed by atoms with Crippen LogP contribution >= 0.6 is 0 Å². The average Bonchev–Trinajstić information content (AvgIpc) is 2.88. The molecule has 0 amide bonds. The molecule has 3 rings (SSSR count). The van der Waals surface area contributed by atoms with E-state index in [1.165, 1.54) is 32.4 Å². The molecule has 92 valence electrons. The first kappa shape index (κ1) is 11.0. The summed E-state index contributed by atoms with van der Waals surface area (Å²) >= 11 is 0. The summed E-state index contributed by atoms with van der Waals surface area (Å²) in [5, 5.41) is 0. The number of aromatic nitrogens is 1. The van der Waals surface area contributed by atoms with Crippen LogP contribution in [0.2, 0.25) is 0 Å². The molecule has 3 atom stereocenters. The number of ether oxygens (including phenoxy) is 1. The number of likely N-dealkylation sites (tertiary alicyclic amines) is 1. The predicted octanol–water partition coefficient (Wildman–Crippen LogP) is 2.33. The van der Waals surface area contributed by atoms with E-state index in [0.29, 0.717) is 12.1 Å². The topological polar surface area (TPSA) is 25.4 Å². The van der Waals surface area contributed by atoms with Crippen molar-refractivity contribution >= 4 is 0 Å². The van der Waals surface area contributed by atoms with E-state index in [9.17, 15) is 0 Å². The van der Waals surface area contributed by atoms with E-state index in [0.717, 1.165) is 11.7 Å². The van der Waals surface area contributed by atoms with Crippen molar-refractivity contribution in [3.8, 4) is 5.75 Å². The maximum Gasteiger partial charge on any atom is 0.138 e. The van der Waals surface area contributed by atoms with Gasteiger partial charge in [0.05, 0.1) is 6.20 Å². The van der Waals surface area contributed by atoms with E-state index in [2.05, 4.69) is 16.8 Å². The molecular formula is C14H20N2O. The fourth-order valence-corrected chi connectivity index (χ4v) is 3.34. The fourth-order valence-electron chi connectivity index (χ4n) is 3.34. The molecular weight excluding hydrogens is 212 g/mol. The summed E-state index contributed by atoms with van der Waals surface area (Å²) in [7, 11) is 0. The first-order valence-electron chi connectivity index (χ1n) is 6.69. The minimum absolute atomic E-state index is 0.394. The van der Waals surface area contributed by atoms with E-state index >= 15 is 0 Å². The van der Waals surface area contributed by atoms with Crippen LogP contribution in [0.15, 0.2) is 24.5 Å². The molecule has 2 heterocycles. The molecule has 3 heteroatoms. The highest BCUT2D eigenvalue weighted by Crippen LogP contribution is 2.40. The maximum atomic E-state index is 6.13. The molecule has 1 aliphatic carbocycles. The average molecular weight is 232 g/mol. The standard InChI is InChI=1S/C14H20N2O/c1-2-8-16-10-11-5-6-13(16)14(11)17-12-4-3-7-15-9-12/h3-4,7,9,11,13-14H,2,5-6,8,10H2,1H3. The molecule has 2 aliphatic rings. The Morgan fingerprint density at radius 2 is 2.41 bits per heavy atom. The van der Waals surface area contributed by atoms with Crippen molar-refractivity contribution in [3.63, 3.8) is 0 Å². The molecule has 0 aromatic carbocycles. The van der Waals surface area contributed by atoms with Gasteiger partial charge >= 0.3 is 0 Å². The summed E-state index contributed by atoms with van der Waals surface area (Å²) < 4.78 is 6.13. The first-order chi connectivity index (χ1) is 8.38. The molecule has 0 N–H and O–H groups in total. The van der Waals surface area contributed by atoms with Gasteiger partial charge in [0.15, 0.2) is 0 Å². The van der Waals surface area contributed by atoms with Crippen molar-refractivity contribution in [2.24, 2.45) is 5.92 Å². The van der Waals surface area contributed by atoms with Crippen LogP contribution in [0.3, 0.4) is 0 Å². The lowest BCUT2D eigenvalue weighted by Gasteiger charge is -2.26. The minimum Gasteiger partial charge on any atom is -0.487 e. The molecule has 2 bridgehead atoms. The smallest absolute Gasteiger partial charge is 0.138 e. The van der Waals surface area contributed by atoms with Gasteiger partial charge in [0.1, 0.15) is 11.9 Å². The quantitative estimate of drug-likeness (QED) is 0.796. The van der Waals surface area contributed by atoms with Gasteiger partial charge in [0.2, 0.25) is 0 Å². The van der Waals surface area contributed by atoms with Gasteiger partial charge in [-0.15, -0.1) is 0 Å². The van der Waals surface area contributed by atoms with Gasteiger partial charge < -0.3 is 4.74 Å². The maximum absolute atomic E-state index is 6.13. The van der Waals surface area contributed by atoms with Crippen LogP contribution in [0.25, 0.3) is 0 Å². The molecule has 0 spiro atoms. The highest BCUT2D eigenvalue weighted by molar-refractivity contribution is 5.17. The third-order valence-electron chi connectivity index (χ3n) is 4.03. The number of fused-ring (bicyclic) bond motifs is 2. The van der Waals surface area contributed by atoms with Gasteiger partial charge in [-0.2, -0.15) is 0 Å². The van der Waals surface area contributed by atoms with Crippen molar-refractivity contribution in [2.75, 3.05) is 13.1 Å². The molecule has 17 heavy (non-hydrogen) atoms. The highest BCUT2D eigenvalue weighted by atomic mass is 16.5. The van der Waals surface area contributed by atoms with Gasteiger partial charge in [-0.3, -0.25) is 9.88 Å². The zero-order valence-corrected chi connectivity index (χ0v) is 10.4. The van der Waals surface area contributed by atoms with Crippen molar-refractivity contribution in [3.05, 3.63) is 24.5 Å². The van der Waals surface area contributed by atoms with E-state index in [1.807, 2.05) is 18.3 Å². The summed E-state index contributed by atoms with van der Waals surface area (Å²) in [6.45, 7) is 4.69. The van der Waals surface area contributed by atoms with Crippen LogP contribution in [0.1, 0.15) is 26.2 Å². The third kappa shape index (κ3) is 2.04. The van der Waals surface area contributed by atoms with Crippen LogP contribution in [0.5, 0.6) is 5.75 Å². The van der Waals surface area contributed by atoms with Gasteiger partial charge in [-0.05, 0) is 37.9 Å². The number of pyridine rings is 1. The molecule has 1 aromatic heterocycles. The van der Waals surface area contributed by atoms with Gasteiger partial charge in [0.25, 0.3) is 0 Å². The normalized spacial score (nSPS) is 31.9. The fraction of sp³-hybridized carbons (Fsp3) is 0.643. The zero-order valence-electron chi connectivity index (χ0n) is 10.4. The predicted molar refractivity (Wildman–Crippen MR) is 67.0 cm³/mol. The Morgan fingerprint density at radius 1 is 1.47 bits per heavy atom. The van der Waals surface area contributed by atoms with Crippen molar-refractivity contribution in [1.29, 1.82) is 0 Å². The second-order valence-electron chi connectivity index (χ2n) is 5.17. The van der Waals surface area contributed by atoms with Crippen LogP contribution in [0, 0.1) is 5.92 Å².